The molecule has 2 aromatic heterocycles. The van der Waals surface area contributed by atoms with Crippen molar-refractivity contribution in [1.82, 2.24) is 15.3 Å². The van der Waals surface area contributed by atoms with Crippen LogP contribution in [-0.4, -0.2) is 29.0 Å². The number of para-hydroxylation sites is 1. The minimum Gasteiger partial charge on any atom is -0.353 e. The number of benzene rings is 2. The van der Waals surface area contributed by atoms with E-state index in [-0.39, 0.29) is 18.3 Å². The lowest BCUT2D eigenvalue weighted by atomic mass is 10.1. The SMILES string of the molecule is Cc1ccc(-c2nc(C(=O)NCCN)cc3c2[nH]c2ccccc23)cc1.Cl. The number of nitrogens with one attached hydrogen (secondary N) is 2. The number of hydrogen-bond donors (Lipinski definition) is 3. The maximum absolute atomic E-state index is 12.5. The van der Waals surface area contributed by atoms with E-state index in [1.807, 2.05) is 55.5 Å². The van der Waals surface area contributed by atoms with Gasteiger partial charge in [0.2, 0.25) is 0 Å². The molecule has 2 aromatic carbocycles. The Balaban J connectivity index is 0.00000210. The van der Waals surface area contributed by atoms with E-state index in [0.29, 0.717) is 18.8 Å². The highest BCUT2D eigenvalue weighted by Gasteiger charge is 2.16. The van der Waals surface area contributed by atoms with Crippen LogP contribution in [0.25, 0.3) is 33.1 Å². The van der Waals surface area contributed by atoms with Crippen molar-refractivity contribution in [2.24, 2.45) is 5.73 Å². The summed E-state index contributed by atoms with van der Waals surface area (Å²) in [5, 5.41) is 4.87. The first-order chi connectivity index (χ1) is 12.7. The zero-order valence-corrected chi connectivity index (χ0v) is 15.8. The summed E-state index contributed by atoms with van der Waals surface area (Å²) in [7, 11) is 0. The highest BCUT2D eigenvalue weighted by atomic mass is 35.5. The average molecular weight is 381 g/mol. The zero-order valence-electron chi connectivity index (χ0n) is 15.0. The van der Waals surface area contributed by atoms with E-state index in [4.69, 9.17) is 5.73 Å². The summed E-state index contributed by atoms with van der Waals surface area (Å²) in [5.41, 5.74) is 10.8. The number of aromatic amines is 1. The van der Waals surface area contributed by atoms with E-state index >= 15 is 0 Å². The number of aromatic nitrogens is 2. The molecule has 0 unspecified atom stereocenters. The van der Waals surface area contributed by atoms with E-state index in [1.165, 1.54) is 5.56 Å². The third-order valence-electron chi connectivity index (χ3n) is 4.48. The molecule has 4 aromatic rings. The molecule has 0 saturated heterocycles. The fourth-order valence-corrected chi connectivity index (χ4v) is 3.16. The summed E-state index contributed by atoms with van der Waals surface area (Å²) in [6, 6.07) is 18.1. The third kappa shape index (κ3) is 3.52. The van der Waals surface area contributed by atoms with Gasteiger partial charge in [0.1, 0.15) is 5.69 Å². The summed E-state index contributed by atoms with van der Waals surface area (Å²) >= 11 is 0. The van der Waals surface area contributed by atoms with Gasteiger partial charge in [0, 0.05) is 34.9 Å². The first-order valence-corrected chi connectivity index (χ1v) is 8.64. The molecule has 0 bridgehead atoms. The van der Waals surface area contributed by atoms with Crippen LogP contribution in [-0.2, 0) is 0 Å². The Bertz CT molecular complexity index is 1100. The molecule has 0 atom stereocenters. The average Bonchev–Trinajstić information content (AvgIpc) is 3.05. The van der Waals surface area contributed by atoms with Crippen molar-refractivity contribution in [3.63, 3.8) is 0 Å². The highest BCUT2D eigenvalue weighted by Crippen LogP contribution is 2.32. The van der Waals surface area contributed by atoms with Gasteiger partial charge in [-0.1, -0.05) is 48.0 Å². The fourth-order valence-electron chi connectivity index (χ4n) is 3.16. The van der Waals surface area contributed by atoms with Crippen LogP contribution >= 0.6 is 12.4 Å². The maximum Gasteiger partial charge on any atom is 0.269 e. The number of carbonyl (C=O) groups excluding carboxylic acids is 1. The van der Waals surface area contributed by atoms with Gasteiger partial charge in [-0.2, -0.15) is 0 Å². The number of nitrogens with two attached hydrogens (primary N) is 1. The molecule has 0 fully saturated rings. The predicted molar refractivity (Wildman–Crippen MR) is 112 cm³/mol. The van der Waals surface area contributed by atoms with E-state index in [2.05, 4.69) is 21.4 Å². The lowest BCUT2D eigenvalue weighted by molar-refractivity contribution is 0.0950. The number of aryl methyl sites for hydroxylation is 1. The second-order valence-electron chi connectivity index (χ2n) is 6.36. The van der Waals surface area contributed by atoms with E-state index < -0.39 is 0 Å². The molecule has 4 rings (SSSR count). The van der Waals surface area contributed by atoms with E-state index in [9.17, 15) is 4.79 Å². The molecule has 5 nitrogen and oxygen atoms in total. The number of carbonyl (C=O) groups is 1. The summed E-state index contributed by atoms with van der Waals surface area (Å²) < 4.78 is 0. The van der Waals surface area contributed by atoms with Crippen molar-refractivity contribution in [2.75, 3.05) is 13.1 Å². The van der Waals surface area contributed by atoms with Gasteiger partial charge in [0.15, 0.2) is 0 Å². The molecule has 0 radical (unpaired) electrons. The van der Waals surface area contributed by atoms with Crippen LogP contribution < -0.4 is 11.1 Å². The van der Waals surface area contributed by atoms with Crippen LogP contribution in [0, 0.1) is 6.92 Å². The molecule has 2 heterocycles. The minimum absolute atomic E-state index is 0. The van der Waals surface area contributed by atoms with Crippen LogP contribution in [0.3, 0.4) is 0 Å². The van der Waals surface area contributed by atoms with E-state index in [0.717, 1.165) is 33.1 Å². The predicted octanol–water partition coefficient (Wildman–Crippen LogP) is 3.80. The molecule has 0 saturated carbocycles. The lowest BCUT2D eigenvalue weighted by Gasteiger charge is -2.08. The number of nitrogens with zero attached hydrogens (tertiary/aromatic N) is 1. The van der Waals surface area contributed by atoms with Crippen molar-refractivity contribution in [2.45, 2.75) is 6.92 Å². The Labute approximate surface area is 163 Å². The fraction of sp³-hybridized carbons (Fsp3) is 0.143. The van der Waals surface area contributed by atoms with Crippen molar-refractivity contribution in [1.29, 1.82) is 0 Å². The number of halogens is 1. The second-order valence-corrected chi connectivity index (χ2v) is 6.36. The van der Waals surface area contributed by atoms with Gasteiger partial charge in [-0.05, 0) is 19.1 Å². The summed E-state index contributed by atoms with van der Waals surface area (Å²) in [6.07, 6.45) is 0. The van der Waals surface area contributed by atoms with Gasteiger partial charge >= 0.3 is 0 Å². The molecule has 0 aliphatic rings. The number of H-pyrrole nitrogens is 1. The summed E-state index contributed by atoms with van der Waals surface area (Å²) in [4.78, 5) is 20.6. The maximum atomic E-state index is 12.5. The molecule has 138 valence electrons. The van der Waals surface area contributed by atoms with Gasteiger partial charge in [0.25, 0.3) is 5.91 Å². The molecule has 0 aliphatic carbocycles. The Kier molecular flexibility index (Phi) is 5.44. The minimum atomic E-state index is -0.212. The van der Waals surface area contributed by atoms with E-state index in [1.54, 1.807) is 0 Å². The first kappa shape index (κ1) is 18.9. The lowest BCUT2D eigenvalue weighted by Crippen LogP contribution is -2.29. The number of fused-ring (bicyclic) bond motifs is 3. The molecule has 1 amide bonds. The molecule has 4 N–H and O–H groups in total. The highest BCUT2D eigenvalue weighted by molar-refractivity contribution is 6.13. The van der Waals surface area contributed by atoms with Gasteiger partial charge in [-0.25, -0.2) is 4.98 Å². The van der Waals surface area contributed by atoms with Crippen molar-refractivity contribution in [3.05, 3.63) is 65.9 Å². The number of amides is 1. The quantitative estimate of drug-likeness (QED) is 0.503. The number of hydrogen-bond acceptors (Lipinski definition) is 3. The zero-order chi connectivity index (χ0) is 18.1. The van der Waals surface area contributed by atoms with Crippen LogP contribution in [0.2, 0.25) is 0 Å². The van der Waals surface area contributed by atoms with Crippen LogP contribution in [0.4, 0.5) is 0 Å². The van der Waals surface area contributed by atoms with Crippen molar-refractivity contribution >= 4 is 40.1 Å². The summed E-state index contributed by atoms with van der Waals surface area (Å²) in [6.45, 7) is 2.87. The number of rotatable bonds is 4. The van der Waals surface area contributed by atoms with Gasteiger partial charge in [-0.15, -0.1) is 12.4 Å². The third-order valence-corrected chi connectivity index (χ3v) is 4.48. The van der Waals surface area contributed by atoms with Crippen molar-refractivity contribution in [3.8, 4) is 11.3 Å². The molecule has 27 heavy (non-hydrogen) atoms. The second kappa shape index (κ2) is 7.78. The number of pyridine rings is 1. The van der Waals surface area contributed by atoms with Crippen molar-refractivity contribution < 1.29 is 4.79 Å². The molecular formula is C21H21ClN4O. The normalized spacial score (nSPS) is 10.7. The van der Waals surface area contributed by atoms with Crippen LogP contribution in [0.5, 0.6) is 0 Å². The Morgan fingerprint density at radius 2 is 1.85 bits per heavy atom. The Hall–Kier alpha value is -2.89. The van der Waals surface area contributed by atoms with Crippen LogP contribution in [0.15, 0.2) is 54.6 Å². The molecule has 6 heteroatoms. The Morgan fingerprint density at radius 1 is 1.11 bits per heavy atom. The molecular weight excluding hydrogens is 360 g/mol. The largest absolute Gasteiger partial charge is 0.353 e. The Morgan fingerprint density at radius 3 is 2.59 bits per heavy atom. The van der Waals surface area contributed by atoms with Gasteiger partial charge < -0.3 is 16.0 Å². The topological polar surface area (TPSA) is 83.8 Å². The monoisotopic (exact) mass is 380 g/mol. The van der Waals surface area contributed by atoms with Gasteiger partial charge in [0.05, 0.1) is 11.2 Å². The van der Waals surface area contributed by atoms with Gasteiger partial charge in [-0.3, -0.25) is 4.79 Å². The smallest absolute Gasteiger partial charge is 0.269 e. The van der Waals surface area contributed by atoms with Crippen LogP contribution in [0.1, 0.15) is 16.1 Å². The standard InChI is InChI=1S/C21H20N4O.ClH/c1-13-6-8-14(9-7-13)19-20-16(15-4-2-3-5-17(15)24-20)12-18(25-19)21(26)23-11-10-22;/h2-9,12,24H,10-11,22H2,1H3,(H,23,26);1H. The molecule has 0 spiro atoms. The summed E-state index contributed by atoms with van der Waals surface area (Å²) in [5.74, 6) is -0.212. The molecule has 0 aliphatic heterocycles. The first-order valence-electron chi connectivity index (χ1n) is 8.64.